The largest absolute Gasteiger partial charge is 0.495 e. The molecule has 1 amide bonds. The number of carbonyl (C=O) groups excluding carboxylic acids is 1. The van der Waals surface area contributed by atoms with Gasteiger partial charge >= 0.3 is 0 Å². The van der Waals surface area contributed by atoms with Crippen molar-refractivity contribution in [2.45, 2.75) is 4.90 Å². The van der Waals surface area contributed by atoms with Crippen LogP contribution >= 0.6 is 0 Å². The predicted octanol–water partition coefficient (Wildman–Crippen LogP) is 1.19. The molecule has 0 unspecified atom stereocenters. The number of methoxy groups -OCH3 is 1. The number of sulfonamides is 1. The lowest BCUT2D eigenvalue weighted by molar-refractivity contribution is 0.101. The molecule has 0 aliphatic heterocycles. The van der Waals surface area contributed by atoms with Crippen LogP contribution in [0.4, 0.5) is 5.69 Å². The average molecular weight is 323 g/mol. The van der Waals surface area contributed by atoms with Crippen molar-refractivity contribution < 1.29 is 17.9 Å². The van der Waals surface area contributed by atoms with Crippen molar-refractivity contribution in [2.24, 2.45) is 7.05 Å². The number of hydrogen-bond donors (Lipinski definition) is 2. The van der Waals surface area contributed by atoms with E-state index in [4.69, 9.17) is 4.74 Å². The monoisotopic (exact) mass is 323 g/mol. The van der Waals surface area contributed by atoms with E-state index in [1.54, 1.807) is 31.3 Å². The van der Waals surface area contributed by atoms with Crippen molar-refractivity contribution in [1.29, 1.82) is 0 Å². The average Bonchev–Trinajstić information content (AvgIpc) is 2.90. The molecule has 0 fully saturated rings. The summed E-state index contributed by atoms with van der Waals surface area (Å²) in [6, 6.07) is 8.29. The Morgan fingerprint density at radius 2 is 1.95 bits per heavy atom. The molecule has 0 aliphatic carbocycles. The Hall–Kier alpha value is -2.32. The SMILES string of the molecule is CNS(=O)(=O)c1cc(C(=O)Nc2ccccc2OC)n(C)c1. The van der Waals surface area contributed by atoms with Crippen LogP contribution in [0.2, 0.25) is 0 Å². The van der Waals surface area contributed by atoms with Gasteiger partial charge in [0.2, 0.25) is 10.0 Å². The number of anilines is 1. The van der Waals surface area contributed by atoms with Gasteiger partial charge in [0, 0.05) is 13.2 Å². The number of nitrogens with one attached hydrogen (secondary N) is 2. The lowest BCUT2D eigenvalue weighted by Gasteiger charge is -2.09. The van der Waals surface area contributed by atoms with Crippen molar-refractivity contribution in [1.82, 2.24) is 9.29 Å². The van der Waals surface area contributed by atoms with E-state index in [2.05, 4.69) is 10.0 Å². The summed E-state index contributed by atoms with van der Waals surface area (Å²) in [4.78, 5) is 12.4. The lowest BCUT2D eigenvalue weighted by Crippen LogP contribution is -2.18. The minimum absolute atomic E-state index is 0.0303. The third kappa shape index (κ3) is 3.12. The highest BCUT2D eigenvalue weighted by Crippen LogP contribution is 2.24. The second-order valence-electron chi connectivity index (χ2n) is 4.53. The summed E-state index contributed by atoms with van der Waals surface area (Å²) >= 11 is 0. The molecule has 0 saturated carbocycles. The first-order valence-electron chi connectivity index (χ1n) is 6.43. The Labute approximate surface area is 129 Å². The zero-order valence-electron chi connectivity index (χ0n) is 12.5. The van der Waals surface area contributed by atoms with Crippen molar-refractivity contribution in [3.63, 3.8) is 0 Å². The summed E-state index contributed by atoms with van der Waals surface area (Å²) in [7, 11) is 0.830. The molecular weight excluding hydrogens is 306 g/mol. The summed E-state index contributed by atoms with van der Waals surface area (Å²) in [5.74, 6) is 0.0951. The first-order chi connectivity index (χ1) is 10.4. The quantitative estimate of drug-likeness (QED) is 0.865. The van der Waals surface area contributed by atoms with Crippen molar-refractivity contribution in [2.75, 3.05) is 19.5 Å². The van der Waals surface area contributed by atoms with Gasteiger partial charge in [-0.05, 0) is 25.2 Å². The van der Waals surface area contributed by atoms with E-state index in [-0.39, 0.29) is 10.6 Å². The van der Waals surface area contributed by atoms with Gasteiger partial charge in [-0.1, -0.05) is 12.1 Å². The number of rotatable bonds is 5. The molecule has 2 aromatic rings. The zero-order valence-corrected chi connectivity index (χ0v) is 13.3. The van der Waals surface area contributed by atoms with Crippen molar-refractivity contribution in [3.8, 4) is 5.75 Å². The van der Waals surface area contributed by atoms with Crippen LogP contribution in [0.5, 0.6) is 5.75 Å². The molecule has 7 nitrogen and oxygen atoms in total. The summed E-state index contributed by atoms with van der Waals surface area (Å²) in [6.45, 7) is 0. The number of carbonyl (C=O) groups is 1. The second-order valence-corrected chi connectivity index (χ2v) is 6.42. The lowest BCUT2D eigenvalue weighted by atomic mass is 10.3. The van der Waals surface area contributed by atoms with Crippen LogP contribution in [0.1, 0.15) is 10.5 Å². The molecule has 0 atom stereocenters. The molecule has 0 radical (unpaired) electrons. The number of aromatic nitrogens is 1. The molecule has 2 N–H and O–H groups in total. The normalized spacial score (nSPS) is 11.2. The maximum absolute atomic E-state index is 12.3. The number of para-hydroxylation sites is 2. The topological polar surface area (TPSA) is 89.4 Å². The molecule has 0 bridgehead atoms. The zero-order chi connectivity index (χ0) is 16.3. The van der Waals surface area contributed by atoms with Crippen LogP contribution in [-0.2, 0) is 17.1 Å². The van der Waals surface area contributed by atoms with Gasteiger partial charge in [-0.25, -0.2) is 13.1 Å². The van der Waals surface area contributed by atoms with E-state index in [1.165, 1.54) is 31.0 Å². The summed E-state index contributed by atoms with van der Waals surface area (Å²) in [6.07, 6.45) is 1.38. The van der Waals surface area contributed by atoms with E-state index < -0.39 is 15.9 Å². The van der Waals surface area contributed by atoms with E-state index in [0.29, 0.717) is 11.4 Å². The van der Waals surface area contributed by atoms with Crippen LogP contribution in [0.15, 0.2) is 41.4 Å². The molecular formula is C14H17N3O4S. The van der Waals surface area contributed by atoms with Gasteiger partial charge in [-0.2, -0.15) is 0 Å². The van der Waals surface area contributed by atoms with Crippen molar-refractivity contribution >= 4 is 21.6 Å². The van der Waals surface area contributed by atoms with Crippen LogP contribution in [0.3, 0.4) is 0 Å². The number of ether oxygens (including phenoxy) is 1. The Morgan fingerprint density at radius 3 is 2.59 bits per heavy atom. The predicted molar refractivity (Wildman–Crippen MR) is 82.6 cm³/mol. The van der Waals surface area contributed by atoms with Gasteiger partial charge in [0.25, 0.3) is 5.91 Å². The highest BCUT2D eigenvalue weighted by atomic mass is 32.2. The molecule has 0 spiro atoms. The third-order valence-corrected chi connectivity index (χ3v) is 4.53. The molecule has 0 aliphatic rings. The fourth-order valence-electron chi connectivity index (χ4n) is 1.96. The molecule has 1 aromatic carbocycles. The Morgan fingerprint density at radius 1 is 1.27 bits per heavy atom. The summed E-state index contributed by atoms with van der Waals surface area (Å²) < 4.78 is 32.4. The fourth-order valence-corrected chi connectivity index (χ4v) is 2.76. The Balaban J connectivity index is 2.31. The van der Waals surface area contributed by atoms with Gasteiger partial charge in [0.05, 0.1) is 12.8 Å². The summed E-state index contributed by atoms with van der Waals surface area (Å²) in [5.41, 5.74) is 0.731. The van der Waals surface area contributed by atoms with Crippen molar-refractivity contribution in [3.05, 3.63) is 42.2 Å². The number of aryl methyl sites for hydroxylation is 1. The van der Waals surface area contributed by atoms with E-state index in [1.807, 2.05) is 0 Å². The molecule has 0 saturated heterocycles. The van der Waals surface area contributed by atoms with Gasteiger partial charge in [0.1, 0.15) is 16.3 Å². The molecule has 8 heteroatoms. The maximum Gasteiger partial charge on any atom is 0.272 e. The third-order valence-electron chi connectivity index (χ3n) is 3.15. The molecule has 1 heterocycles. The second kappa shape index (κ2) is 6.20. The first kappa shape index (κ1) is 16.1. The van der Waals surface area contributed by atoms with Crippen LogP contribution in [0, 0.1) is 0 Å². The first-order valence-corrected chi connectivity index (χ1v) is 7.91. The van der Waals surface area contributed by atoms with Crippen LogP contribution < -0.4 is 14.8 Å². The number of nitrogens with zero attached hydrogens (tertiary/aromatic N) is 1. The van der Waals surface area contributed by atoms with Gasteiger partial charge < -0.3 is 14.6 Å². The highest BCUT2D eigenvalue weighted by Gasteiger charge is 2.19. The van der Waals surface area contributed by atoms with Crippen LogP contribution in [0.25, 0.3) is 0 Å². The minimum Gasteiger partial charge on any atom is -0.495 e. The van der Waals surface area contributed by atoms with E-state index in [0.717, 1.165) is 0 Å². The fraction of sp³-hybridized carbons (Fsp3) is 0.214. The number of hydrogen-bond acceptors (Lipinski definition) is 4. The highest BCUT2D eigenvalue weighted by molar-refractivity contribution is 7.89. The van der Waals surface area contributed by atoms with E-state index >= 15 is 0 Å². The Kier molecular flexibility index (Phi) is 4.53. The van der Waals surface area contributed by atoms with Gasteiger partial charge in [0.15, 0.2) is 0 Å². The summed E-state index contributed by atoms with van der Waals surface area (Å²) in [5, 5.41) is 2.70. The molecule has 22 heavy (non-hydrogen) atoms. The van der Waals surface area contributed by atoms with E-state index in [9.17, 15) is 13.2 Å². The molecule has 1 aromatic heterocycles. The number of benzene rings is 1. The Bertz CT molecular complexity index is 796. The van der Waals surface area contributed by atoms with Crippen LogP contribution in [-0.4, -0.2) is 33.0 Å². The molecule has 118 valence electrons. The van der Waals surface area contributed by atoms with Gasteiger partial charge in [-0.15, -0.1) is 0 Å². The smallest absolute Gasteiger partial charge is 0.272 e. The maximum atomic E-state index is 12.3. The van der Waals surface area contributed by atoms with Gasteiger partial charge in [-0.3, -0.25) is 4.79 Å². The minimum atomic E-state index is -3.59. The molecule has 2 rings (SSSR count). The standard InChI is InChI=1S/C14H17N3O4S/c1-15-22(19,20)10-8-12(17(2)9-10)14(18)16-11-6-4-5-7-13(11)21-3/h4-9,15H,1-3H3,(H,16,18). The number of amides is 1.